The first-order valence-electron chi connectivity index (χ1n) is 4.89. The molecule has 0 fully saturated rings. The number of ether oxygens (including phenoxy) is 2. The second-order valence-corrected chi connectivity index (χ2v) is 3.93. The molecule has 0 aliphatic heterocycles. The smallest absolute Gasteiger partial charge is 0.319 e. The molecule has 5 heteroatoms. The minimum Gasteiger partial charge on any atom is -0.469 e. The summed E-state index contributed by atoms with van der Waals surface area (Å²) in [5.41, 5.74) is 0. The van der Waals surface area contributed by atoms with Gasteiger partial charge in [-0.1, -0.05) is 6.92 Å². The molecule has 0 aromatic heterocycles. The lowest BCUT2D eigenvalue weighted by Gasteiger charge is -2.20. The van der Waals surface area contributed by atoms with Gasteiger partial charge in [0.15, 0.2) is 0 Å². The van der Waals surface area contributed by atoms with E-state index in [9.17, 15) is 9.59 Å². The van der Waals surface area contributed by atoms with Gasteiger partial charge in [-0.15, -0.1) is 11.8 Å². The van der Waals surface area contributed by atoms with Crippen LogP contribution in [0, 0.1) is 5.92 Å². The Labute approximate surface area is 94.7 Å². The van der Waals surface area contributed by atoms with E-state index in [0.29, 0.717) is 13.0 Å². The minimum absolute atomic E-state index is 0.327. The van der Waals surface area contributed by atoms with Gasteiger partial charge in [-0.25, -0.2) is 0 Å². The van der Waals surface area contributed by atoms with Crippen molar-refractivity contribution in [2.75, 3.05) is 20.0 Å². The number of hydrogen-bond donors (Lipinski definition) is 0. The first-order valence-corrected chi connectivity index (χ1v) is 6.18. The van der Waals surface area contributed by atoms with Crippen molar-refractivity contribution < 1.29 is 19.1 Å². The average Bonchev–Trinajstić information content (AvgIpc) is 2.24. The Morgan fingerprint density at radius 3 is 2.20 bits per heavy atom. The summed E-state index contributed by atoms with van der Waals surface area (Å²) in [7, 11) is 1.33. The number of thioether (sulfide) groups is 1. The molecule has 0 amide bonds. The third-order valence-electron chi connectivity index (χ3n) is 2.08. The normalized spacial score (nSPS) is 14.1. The first-order chi connectivity index (χ1) is 7.12. The van der Waals surface area contributed by atoms with Crippen molar-refractivity contribution in [1.82, 2.24) is 0 Å². The van der Waals surface area contributed by atoms with E-state index in [2.05, 4.69) is 4.74 Å². The van der Waals surface area contributed by atoms with E-state index in [1.165, 1.54) is 18.9 Å². The van der Waals surface area contributed by atoms with Crippen molar-refractivity contribution in [1.29, 1.82) is 0 Å². The van der Waals surface area contributed by atoms with Crippen molar-refractivity contribution in [3.63, 3.8) is 0 Å². The number of esters is 2. The fraction of sp³-hybridized carbons (Fsp3) is 0.800. The predicted molar refractivity (Wildman–Crippen MR) is 59.7 cm³/mol. The van der Waals surface area contributed by atoms with Crippen molar-refractivity contribution >= 4 is 23.7 Å². The van der Waals surface area contributed by atoms with E-state index in [-0.39, 0.29) is 11.9 Å². The highest BCUT2D eigenvalue weighted by atomic mass is 32.2. The molecule has 0 unspecified atom stereocenters. The van der Waals surface area contributed by atoms with Crippen LogP contribution in [0.15, 0.2) is 0 Å². The lowest BCUT2D eigenvalue weighted by molar-refractivity contribution is -0.152. The van der Waals surface area contributed by atoms with Crippen LogP contribution in [0.3, 0.4) is 0 Å². The van der Waals surface area contributed by atoms with E-state index in [4.69, 9.17) is 4.74 Å². The molecule has 15 heavy (non-hydrogen) atoms. The fourth-order valence-electron chi connectivity index (χ4n) is 1.30. The molecule has 88 valence electrons. The van der Waals surface area contributed by atoms with Gasteiger partial charge in [-0.2, -0.15) is 0 Å². The molecule has 2 atom stereocenters. The predicted octanol–water partition coefficient (Wildman–Crippen LogP) is 1.48. The summed E-state index contributed by atoms with van der Waals surface area (Å²) in [5, 5.41) is -0.470. The van der Waals surface area contributed by atoms with Crippen molar-refractivity contribution in [2.45, 2.75) is 25.5 Å². The maximum absolute atomic E-state index is 11.5. The molecule has 0 aliphatic rings. The summed E-state index contributed by atoms with van der Waals surface area (Å²) in [4.78, 5) is 23.0. The van der Waals surface area contributed by atoms with E-state index >= 15 is 0 Å². The molecule has 4 nitrogen and oxygen atoms in total. The molecule has 0 spiro atoms. The van der Waals surface area contributed by atoms with Crippen LogP contribution < -0.4 is 0 Å². The Bertz CT molecular complexity index is 217. The Hall–Kier alpha value is -0.710. The summed E-state index contributed by atoms with van der Waals surface area (Å²) >= 11 is 1.32. The highest BCUT2D eigenvalue weighted by Crippen LogP contribution is 2.23. The second-order valence-electron chi connectivity index (χ2n) is 2.95. The standard InChI is InChI=1S/C10H18O4S/c1-5-7(9(11)13-3)8(15-4)10(12)14-6-2/h7-8H,5-6H2,1-4H3/t7-,8-/m1/s1. The van der Waals surface area contributed by atoms with Crippen LogP contribution >= 0.6 is 11.8 Å². The molecular weight excluding hydrogens is 216 g/mol. The summed E-state index contributed by atoms with van der Waals surface area (Å²) in [6.07, 6.45) is 2.35. The average molecular weight is 234 g/mol. The van der Waals surface area contributed by atoms with Gasteiger partial charge >= 0.3 is 11.9 Å². The van der Waals surface area contributed by atoms with Gasteiger partial charge in [0.1, 0.15) is 5.25 Å². The number of methoxy groups -OCH3 is 1. The Morgan fingerprint density at radius 2 is 1.87 bits per heavy atom. The zero-order valence-electron chi connectivity index (χ0n) is 9.61. The third-order valence-corrected chi connectivity index (χ3v) is 3.11. The summed E-state index contributed by atoms with van der Waals surface area (Å²) < 4.78 is 9.56. The zero-order chi connectivity index (χ0) is 11.8. The van der Waals surface area contributed by atoms with Gasteiger partial charge in [0.05, 0.1) is 19.6 Å². The SMILES string of the molecule is CCOC(=O)[C@H](SC)[C@@H](CC)C(=O)OC. The first kappa shape index (κ1) is 14.3. The molecule has 0 N–H and O–H groups in total. The van der Waals surface area contributed by atoms with Crippen LogP contribution in [0.4, 0.5) is 0 Å². The third kappa shape index (κ3) is 4.11. The molecule has 0 bridgehead atoms. The van der Waals surface area contributed by atoms with Gasteiger partial charge in [0.2, 0.25) is 0 Å². The topological polar surface area (TPSA) is 52.6 Å². The molecular formula is C10H18O4S. The Kier molecular flexibility index (Phi) is 7.21. The van der Waals surface area contributed by atoms with Gasteiger partial charge in [-0.05, 0) is 19.6 Å². The fourth-order valence-corrected chi connectivity index (χ4v) is 2.20. The number of carbonyl (C=O) groups is 2. The molecule has 0 aromatic rings. The summed E-state index contributed by atoms with van der Waals surface area (Å²) in [5.74, 6) is -1.13. The molecule has 0 saturated carbocycles. The largest absolute Gasteiger partial charge is 0.469 e. The number of hydrogen-bond acceptors (Lipinski definition) is 5. The molecule has 0 aromatic carbocycles. The van der Waals surface area contributed by atoms with Gasteiger partial charge in [0.25, 0.3) is 0 Å². The quantitative estimate of drug-likeness (QED) is 0.652. The lowest BCUT2D eigenvalue weighted by atomic mass is 10.0. The highest BCUT2D eigenvalue weighted by Gasteiger charge is 2.33. The van der Waals surface area contributed by atoms with Crippen molar-refractivity contribution in [3.8, 4) is 0 Å². The molecule has 0 heterocycles. The van der Waals surface area contributed by atoms with Crippen LogP contribution in [-0.2, 0) is 19.1 Å². The summed E-state index contributed by atoms with van der Waals surface area (Å²) in [6.45, 7) is 3.92. The number of rotatable bonds is 6. The van der Waals surface area contributed by atoms with E-state index < -0.39 is 11.2 Å². The van der Waals surface area contributed by atoms with Gasteiger partial charge in [-0.3, -0.25) is 9.59 Å². The second kappa shape index (κ2) is 7.56. The minimum atomic E-state index is -0.470. The highest BCUT2D eigenvalue weighted by molar-refractivity contribution is 7.99. The van der Waals surface area contributed by atoms with Crippen LogP contribution in [-0.4, -0.2) is 37.2 Å². The van der Waals surface area contributed by atoms with E-state index in [1.807, 2.05) is 6.92 Å². The van der Waals surface area contributed by atoms with E-state index in [1.54, 1.807) is 13.2 Å². The summed E-state index contributed by atoms with van der Waals surface area (Å²) in [6, 6.07) is 0. The van der Waals surface area contributed by atoms with Crippen LogP contribution in [0.2, 0.25) is 0 Å². The lowest BCUT2D eigenvalue weighted by Crippen LogP contribution is -2.34. The van der Waals surface area contributed by atoms with Crippen molar-refractivity contribution in [2.24, 2.45) is 5.92 Å². The van der Waals surface area contributed by atoms with Crippen LogP contribution in [0.25, 0.3) is 0 Å². The Balaban J connectivity index is 4.60. The van der Waals surface area contributed by atoms with Crippen LogP contribution in [0.1, 0.15) is 20.3 Å². The van der Waals surface area contributed by atoms with Crippen molar-refractivity contribution in [3.05, 3.63) is 0 Å². The molecule has 0 rings (SSSR count). The molecule has 0 aliphatic carbocycles. The molecule has 0 saturated heterocycles. The zero-order valence-corrected chi connectivity index (χ0v) is 10.4. The van der Waals surface area contributed by atoms with Gasteiger partial charge in [0, 0.05) is 0 Å². The molecule has 0 radical (unpaired) electrons. The monoisotopic (exact) mass is 234 g/mol. The van der Waals surface area contributed by atoms with Gasteiger partial charge < -0.3 is 9.47 Å². The number of carbonyl (C=O) groups excluding carboxylic acids is 2. The maximum Gasteiger partial charge on any atom is 0.319 e. The Morgan fingerprint density at radius 1 is 1.27 bits per heavy atom. The van der Waals surface area contributed by atoms with Crippen LogP contribution in [0.5, 0.6) is 0 Å². The van der Waals surface area contributed by atoms with E-state index in [0.717, 1.165) is 0 Å². The maximum atomic E-state index is 11.5.